The van der Waals surface area contributed by atoms with Crippen LogP contribution in [0.25, 0.3) is 0 Å². The molecule has 10 nitrogen and oxygen atoms in total. The molecule has 44 heavy (non-hydrogen) atoms. The monoisotopic (exact) mass is 633 g/mol. The number of alkyl halides is 3. The summed E-state index contributed by atoms with van der Waals surface area (Å²) in [7, 11) is 0. The van der Waals surface area contributed by atoms with Crippen molar-refractivity contribution in [3.8, 4) is 0 Å². The van der Waals surface area contributed by atoms with Gasteiger partial charge in [0.15, 0.2) is 17.3 Å². The van der Waals surface area contributed by atoms with Gasteiger partial charge in [-0.2, -0.15) is 13.2 Å². The molecule has 2 N–H and O–H groups in total. The predicted octanol–water partition coefficient (Wildman–Crippen LogP) is 4.13. The number of likely N-dealkylation sites (tertiary alicyclic amines) is 1. The Balaban J connectivity index is 1.60. The number of ether oxygens (including phenoxy) is 1. The van der Waals surface area contributed by atoms with Gasteiger partial charge in [-0.1, -0.05) is 0 Å². The number of aliphatic hydroxyl groups is 1. The number of rotatable bonds is 6. The number of hydrogen-bond donors (Lipinski definition) is 2. The molecule has 0 aliphatic carbocycles. The fourth-order valence-electron chi connectivity index (χ4n) is 5.34. The molecule has 1 aromatic carbocycles. The van der Waals surface area contributed by atoms with E-state index in [0.717, 1.165) is 14.4 Å². The van der Waals surface area contributed by atoms with Crippen LogP contribution in [0.4, 0.5) is 31.1 Å². The summed E-state index contributed by atoms with van der Waals surface area (Å²) in [6, 6.07) is -0.269. The molecule has 2 aliphatic heterocycles. The van der Waals surface area contributed by atoms with Gasteiger partial charge in [0.1, 0.15) is 17.1 Å². The van der Waals surface area contributed by atoms with Gasteiger partial charge in [-0.3, -0.25) is 9.59 Å². The number of imidazole rings is 1. The van der Waals surface area contributed by atoms with E-state index in [1.807, 2.05) is 0 Å². The van der Waals surface area contributed by atoms with E-state index in [0.29, 0.717) is 18.6 Å². The Kier molecular flexibility index (Phi) is 8.97. The van der Waals surface area contributed by atoms with Gasteiger partial charge in [0, 0.05) is 38.2 Å². The molecule has 4 rings (SSSR count). The molecule has 0 unspecified atom stereocenters. The molecule has 0 saturated carbocycles. The van der Waals surface area contributed by atoms with Crippen LogP contribution in [0.1, 0.15) is 74.5 Å². The highest BCUT2D eigenvalue weighted by Gasteiger charge is 2.45. The highest BCUT2D eigenvalue weighted by Crippen LogP contribution is 2.35. The van der Waals surface area contributed by atoms with Crippen LogP contribution in [-0.2, 0) is 35.2 Å². The lowest BCUT2D eigenvalue weighted by molar-refractivity contribution is -0.148. The van der Waals surface area contributed by atoms with Crippen LogP contribution in [-0.4, -0.2) is 72.8 Å². The average Bonchev–Trinajstić information content (AvgIpc) is 3.44. The summed E-state index contributed by atoms with van der Waals surface area (Å²) in [5.41, 5.74) is -3.62. The molecule has 0 bridgehead atoms. The Morgan fingerprint density at radius 2 is 1.73 bits per heavy atom. The summed E-state index contributed by atoms with van der Waals surface area (Å²) in [5.74, 6) is -6.82. The zero-order valence-electron chi connectivity index (χ0n) is 24.5. The Labute approximate surface area is 249 Å². The van der Waals surface area contributed by atoms with Crippen LogP contribution in [0.15, 0.2) is 12.1 Å². The van der Waals surface area contributed by atoms with E-state index >= 15 is 0 Å². The van der Waals surface area contributed by atoms with Crippen molar-refractivity contribution in [3.05, 3.63) is 52.4 Å². The number of amides is 3. The zero-order valence-corrected chi connectivity index (χ0v) is 24.5. The molecule has 1 fully saturated rings. The van der Waals surface area contributed by atoms with Crippen LogP contribution < -0.4 is 5.32 Å². The summed E-state index contributed by atoms with van der Waals surface area (Å²) in [6.07, 6.45) is -6.22. The van der Waals surface area contributed by atoms with E-state index in [2.05, 4.69) is 10.3 Å². The molecular weight excluding hydrogens is 600 g/mol. The van der Waals surface area contributed by atoms with Gasteiger partial charge < -0.3 is 29.5 Å². The van der Waals surface area contributed by atoms with Gasteiger partial charge >= 0.3 is 12.3 Å². The fourth-order valence-corrected chi connectivity index (χ4v) is 5.34. The summed E-state index contributed by atoms with van der Waals surface area (Å²) < 4.78 is 89.5. The predicted molar refractivity (Wildman–Crippen MR) is 141 cm³/mol. The number of carbonyl (C=O) groups is 3. The van der Waals surface area contributed by atoms with Crippen LogP contribution in [0.2, 0.25) is 0 Å². The SMILES string of the molecule is CC(C)(C)OC(=O)N[C@@H](CC(=O)N1CCn2c(C(F)(F)F)nc(C(=O)N3CCC[C@@]3(C)O)c2C1)Cc1cc(F)c(F)cc1F. The lowest BCUT2D eigenvalue weighted by Gasteiger charge is -2.32. The minimum absolute atomic E-state index is 0.0979. The van der Waals surface area contributed by atoms with E-state index in [4.69, 9.17) is 4.74 Å². The Bertz CT molecular complexity index is 1450. The summed E-state index contributed by atoms with van der Waals surface area (Å²) in [5, 5.41) is 13.0. The zero-order chi connectivity index (χ0) is 32.8. The Hall–Kier alpha value is -3.82. The number of carbonyl (C=O) groups excluding carboxylic acids is 3. The standard InChI is InChI=1S/C28H33F6N5O5/c1-26(2,3)44-25(42)35-16(10-15-11-18(30)19(31)13-17(15)29)12-21(40)37-8-9-38-20(14-37)22(36-24(38)28(32,33)34)23(41)39-7-5-6-27(39,4)43/h11,13,16,43H,5-10,12,14H2,1-4H3,(H,35,42)/t16-,27-/m1/s1. The molecule has 1 saturated heterocycles. The number of fused-ring (bicyclic) bond motifs is 1. The molecule has 2 aromatic rings. The van der Waals surface area contributed by atoms with Crippen molar-refractivity contribution in [3.63, 3.8) is 0 Å². The van der Waals surface area contributed by atoms with Gasteiger partial charge in [-0.05, 0) is 58.6 Å². The summed E-state index contributed by atoms with van der Waals surface area (Å²) in [4.78, 5) is 45.1. The van der Waals surface area contributed by atoms with Crippen molar-refractivity contribution in [2.45, 2.75) is 90.0 Å². The van der Waals surface area contributed by atoms with Crippen molar-refractivity contribution in [2.75, 3.05) is 13.1 Å². The number of benzene rings is 1. The first-order chi connectivity index (χ1) is 20.3. The number of hydrogen-bond acceptors (Lipinski definition) is 6. The van der Waals surface area contributed by atoms with Gasteiger partial charge in [0.05, 0.1) is 12.2 Å². The number of aromatic nitrogens is 2. The highest BCUT2D eigenvalue weighted by molar-refractivity contribution is 5.94. The number of halogens is 6. The van der Waals surface area contributed by atoms with Crippen molar-refractivity contribution in [2.24, 2.45) is 0 Å². The first-order valence-electron chi connectivity index (χ1n) is 13.9. The Morgan fingerprint density at radius 3 is 2.32 bits per heavy atom. The van der Waals surface area contributed by atoms with E-state index < -0.39 is 89.8 Å². The van der Waals surface area contributed by atoms with Crippen LogP contribution in [0.5, 0.6) is 0 Å². The first-order valence-corrected chi connectivity index (χ1v) is 13.9. The fraction of sp³-hybridized carbons (Fsp3) is 0.571. The normalized spacial score (nSPS) is 19.5. The quantitative estimate of drug-likeness (QED) is 0.365. The van der Waals surface area contributed by atoms with Crippen molar-refractivity contribution in [1.29, 1.82) is 0 Å². The van der Waals surface area contributed by atoms with Gasteiger partial charge in [0.2, 0.25) is 11.7 Å². The molecule has 2 atom stereocenters. The number of nitrogens with one attached hydrogen (secondary N) is 1. The van der Waals surface area contributed by atoms with Crippen molar-refractivity contribution in [1.82, 2.24) is 24.7 Å². The summed E-state index contributed by atoms with van der Waals surface area (Å²) in [6.45, 7) is 5.15. The maximum atomic E-state index is 14.5. The van der Waals surface area contributed by atoms with E-state index in [1.54, 1.807) is 20.8 Å². The minimum Gasteiger partial charge on any atom is -0.444 e. The van der Waals surface area contributed by atoms with Gasteiger partial charge in [0.25, 0.3) is 5.91 Å². The maximum Gasteiger partial charge on any atom is 0.449 e. The Morgan fingerprint density at radius 1 is 1.07 bits per heavy atom. The smallest absolute Gasteiger partial charge is 0.444 e. The summed E-state index contributed by atoms with van der Waals surface area (Å²) >= 11 is 0. The number of nitrogens with zero attached hydrogens (tertiary/aromatic N) is 4. The third kappa shape index (κ3) is 7.27. The molecule has 3 amide bonds. The van der Waals surface area contributed by atoms with Gasteiger partial charge in [-0.25, -0.2) is 22.9 Å². The minimum atomic E-state index is -4.91. The molecule has 16 heteroatoms. The van der Waals surface area contributed by atoms with E-state index in [1.165, 1.54) is 6.92 Å². The topological polar surface area (TPSA) is 117 Å². The average molecular weight is 634 g/mol. The van der Waals surface area contributed by atoms with Crippen molar-refractivity contribution >= 4 is 17.9 Å². The van der Waals surface area contributed by atoms with Gasteiger partial charge in [-0.15, -0.1) is 0 Å². The number of alkyl carbamates (subject to hydrolysis) is 1. The van der Waals surface area contributed by atoms with E-state index in [9.17, 15) is 45.8 Å². The molecular formula is C28H33F6N5O5. The van der Waals surface area contributed by atoms with E-state index in [-0.39, 0.29) is 37.3 Å². The van der Waals surface area contributed by atoms with Crippen LogP contribution in [0.3, 0.4) is 0 Å². The third-order valence-electron chi connectivity index (χ3n) is 7.37. The van der Waals surface area contributed by atoms with Crippen LogP contribution in [0, 0.1) is 17.5 Å². The second-order valence-electron chi connectivity index (χ2n) is 12.1. The largest absolute Gasteiger partial charge is 0.449 e. The first kappa shape index (κ1) is 33.1. The molecule has 3 heterocycles. The van der Waals surface area contributed by atoms with Crippen molar-refractivity contribution < 1.29 is 50.6 Å². The second kappa shape index (κ2) is 11.9. The molecule has 242 valence electrons. The highest BCUT2D eigenvalue weighted by atomic mass is 19.4. The molecule has 0 spiro atoms. The molecule has 0 radical (unpaired) electrons. The lowest BCUT2D eigenvalue weighted by Crippen LogP contribution is -2.47. The maximum absolute atomic E-state index is 14.5. The second-order valence-corrected chi connectivity index (χ2v) is 12.1. The third-order valence-corrected chi connectivity index (χ3v) is 7.37. The molecule has 1 aromatic heterocycles. The molecule has 2 aliphatic rings. The van der Waals surface area contributed by atoms with Crippen LogP contribution >= 0.6 is 0 Å². The lowest BCUT2D eigenvalue weighted by atomic mass is 10.0.